The average molecular weight is 348 g/mol. The number of aliphatic hydroxyl groups excluding tert-OH is 1. The molecule has 1 aromatic rings. The number of hydrogen-bond donors (Lipinski definition) is 2. The molecule has 2 N–H and O–H groups in total. The fourth-order valence-corrected chi connectivity index (χ4v) is 4.67. The summed E-state index contributed by atoms with van der Waals surface area (Å²) < 4.78 is 1.67. The minimum absolute atomic E-state index is 0.0130. The molecule has 1 aliphatic carbocycles. The highest BCUT2D eigenvalue weighted by molar-refractivity contribution is 5.90. The van der Waals surface area contributed by atoms with E-state index in [-0.39, 0.29) is 29.3 Å². The smallest absolute Gasteiger partial charge is 0.287 e. The average Bonchev–Trinajstić information content (AvgIpc) is 3.07. The van der Waals surface area contributed by atoms with Crippen LogP contribution < -0.4 is 5.32 Å². The van der Waals surface area contributed by atoms with Crippen molar-refractivity contribution in [2.45, 2.75) is 64.1 Å². The van der Waals surface area contributed by atoms with E-state index >= 15 is 0 Å². The van der Waals surface area contributed by atoms with Crippen molar-refractivity contribution in [3.63, 3.8) is 0 Å². The van der Waals surface area contributed by atoms with Crippen molar-refractivity contribution in [2.24, 2.45) is 12.5 Å². The first-order valence-electron chi connectivity index (χ1n) is 9.07. The molecule has 2 fully saturated rings. The number of likely N-dealkylation sites (tertiary alicyclic amines) is 1. The van der Waals surface area contributed by atoms with Crippen LogP contribution in [-0.2, 0) is 11.8 Å². The molecule has 7 heteroatoms. The van der Waals surface area contributed by atoms with E-state index in [1.807, 2.05) is 4.90 Å². The maximum Gasteiger partial charge on any atom is 0.287 e. The first-order chi connectivity index (χ1) is 11.8. The largest absolute Gasteiger partial charge is 0.392 e. The lowest BCUT2D eigenvalue weighted by atomic mass is 9.75. The van der Waals surface area contributed by atoms with Gasteiger partial charge in [0.25, 0.3) is 5.91 Å². The summed E-state index contributed by atoms with van der Waals surface area (Å²) >= 11 is 0. The van der Waals surface area contributed by atoms with E-state index in [9.17, 15) is 14.7 Å². The number of aliphatic hydroxyl groups is 1. The molecule has 7 nitrogen and oxygen atoms in total. The third-order valence-corrected chi connectivity index (χ3v) is 6.02. The van der Waals surface area contributed by atoms with Crippen LogP contribution in [0.5, 0.6) is 0 Å². The van der Waals surface area contributed by atoms with Crippen LogP contribution in [0, 0.1) is 5.41 Å². The summed E-state index contributed by atoms with van der Waals surface area (Å²) in [6.07, 6.45) is 7.33. The lowest BCUT2D eigenvalue weighted by molar-refractivity contribution is -0.133. The minimum atomic E-state index is -0.405. The van der Waals surface area contributed by atoms with Gasteiger partial charge in [-0.05, 0) is 19.3 Å². The molecule has 1 saturated heterocycles. The van der Waals surface area contributed by atoms with E-state index in [4.69, 9.17) is 0 Å². The van der Waals surface area contributed by atoms with Gasteiger partial charge in [0.15, 0.2) is 5.82 Å². The van der Waals surface area contributed by atoms with Crippen LogP contribution in [0.3, 0.4) is 0 Å². The van der Waals surface area contributed by atoms with Gasteiger partial charge in [0, 0.05) is 44.4 Å². The van der Waals surface area contributed by atoms with Gasteiger partial charge >= 0.3 is 0 Å². The molecule has 2 heterocycles. The second-order valence-corrected chi connectivity index (χ2v) is 7.68. The van der Waals surface area contributed by atoms with E-state index in [1.54, 1.807) is 30.9 Å². The van der Waals surface area contributed by atoms with Crippen molar-refractivity contribution in [3.8, 4) is 0 Å². The second-order valence-electron chi connectivity index (χ2n) is 7.68. The Hall–Kier alpha value is -1.89. The van der Waals surface area contributed by atoms with Gasteiger partial charge in [-0.2, -0.15) is 0 Å². The summed E-state index contributed by atoms with van der Waals surface area (Å²) in [6.45, 7) is 4.05. The number of imidazole rings is 1. The first kappa shape index (κ1) is 17.9. The number of carbonyl (C=O) groups is 2. The summed E-state index contributed by atoms with van der Waals surface area (Å²) in [5.74, 6) is 0.126. The van der Waals surface area contributed by atoms with Crippen LogP contribution in [0.1, 0.15) is 56.6 Å². The predicted molar refractivity (Wildman–Crippen MR) is 92.8 cm³/mol. The maximum absolute atomic E-state index is 12.3. The van der Waals surface area contributed by atoms with Crippen molar-refractivity contribution in [2.75, 3.05) is 6.54 Å². The molecule has 0 bridgehead atoms. The van der Waals surface area contributed by atoms with Gasteiger partial charge in [-0.25, -0.2) is 4.98 Å². The fourth-order valence-electron chi connectivity index (χ4n) is 4.67. The van der Waals surface area contributed by atoms with Gasteiger partial charge in [0.05, 0.1) is 12.1 Å². The third-order valence-electron chi connectivity index (χ3n) is 6.02. The summed E-state index contributed by atoms with van der Waals surface area (Å²) in [5.41, 5.74) is -0.305. The summed E-state index contributed by atoms with van der Waals surface area (Å²) in [7, 11) is 1.77. The second kappa shape index (κ2) is 6.78. The maximum atomic E-state index is 12.3. The van der Waals surface area contributed by atoms with Crippen molar-refractivity contribution in [3.05, 3.63) is 18.2 Å². The highest BCUT2D eigenvalue weighted by Crippen LogP contribution is 2.48. The first-order valence-corrected chi connectivity index (χ1v) is 9.07. The fraction of sp³-hybridized carbons (Fsp3) is 0.722. The Morgan fingerprint density at radius 3 is 2.76 bits per heavy atom. The van der Waals surface area contributed by atoms with Crippen LogP contribution in [0.25, 0.3) is 0 Å². The summed E-state index contributed by atoms with van der Waals surface area (Å²) in [5, 5.41) is 13.6. The van der Waals surface area contributed by atoms with Crippen LogP contribution in [0.15, 0.2) is 12.4 Å². The Morgan fingerprint density at radius 2 is 2.12 bits per heavy atom. The lowest BCUT2D eigenvalue weighted by Gasteiger charge is -2.37. The molecular formula is C18H28N4O3. The Labute approximate surface area is 148 Å². The van der Waals surface area contributed by atoms with Gasteiger partial charge < -0.3 is 19.9 Å². The number of aromatic nitrogens is 2. The molecule has 0 aromatic carbocycles. The number of aryl methyl sites for hydroxylation is 1. The number of nitrogens with zero attached hydrogens (tertiary/aromatic N) is 3. The standard InChI is InChI=1S/C18H28N4O3/c1-12(23)22-13(11-20-17(25)16-19-8-9-21(16)3)10-18(2)14(22)6-4-5-7-15(18)24/h8-9,13-15,24H,4-7,10-11H2,1-3H3,(H,20,25)/t13-,14-,15+,18-/m1/s1. The molecule has 25 heavy (non-hydrogen) atoms. The van der Waals surface area contributed by atoms with Gasteiger partial charge in [0.2, 0.25) is 5.91 Å². The Balaban J connectivity index is 1.75. The van der Waals surface area contributed by atoms with Gasteiger partial charge in [0.1, 0.15) is 0 Å². The Morgan fingerprint density at radius 1 is 1.40 bits per heavy atom. The van der Waals surface area contributed by atoms with E-state index in [2.05, 4.69) is 17.2 Å². The Bertz CT molecular complexity index is 659. The zero-order valence-corrected chi connectivity index (χ0v) is 15.2. The predicted octanol–water partition coefficient (Wildman–Crippen LogP) is 1.08. The van der Waals surface area contributed by atoms with E-state index < -0.39 is 6.10 Å². The van der Waals surface area contributed by atoms with Gasteiger partial charge in [-0.1, -0.05) is 19.8 Å². The van der Waals surface area contributed by atoms with Crippen molar-refractivity contribution < 1.29 is 14.7 Å². The number of rotatable bonds is 3. The number of nitrogens with one attached hydrogen (secondary N) is 1. The van der Waals surface area contributed by atoms with Crippen LogP contribution in [0.2, 0.25) is 0 Å². The summed E-state index contributed by atoms with van der Waals surface area (Å²) in [6, 6.07) is -0.0537. The topological polar surface area (TPSA) is 87.5 Å². The molecular weight excluding hydrogens is 320 g/mol. The van der Waals surface area contributed by atoms with Crippen molar-refractivity contribution >= 4 is 11.8 Å². The number of hydrogen-bond acceptors (Lipinski definition) is 4. The zero-order valence-electron chi connectivity index (χ0n) is 15.2. The van der Waals surface area contributed by atoms with Gasteiger partial charge in [-0.15, -0.1) is 0 Å². The number of amides is 2. The Kier molecular flexibility index (Phi) is 4.86. The molecule has 3 rings (SSSR count). The quantitative estimate of drug-likeness (QED) is 0.856. The molecule has 0 spiro atoms. The van der Waals surface area contributed by atoms with E-state index in [0.29, 0.717) is 18.8 Å². The molecule has 1 saturated carbocycles. The molecule has 2 aliphatic rings. The lowest BCUT2D eigenvalue weighted by Crippen LogP contribution is -2.48. The number of carbonyl (C=O) groups excluding carboxylic acids is 2. The van der Waals surface area contributed by atoms with Crippen molar-refractivity contribution in [1.82, 2.24) is 19.8 Å². The number of fused-ring (bicyclic) bond motifs is 1. The molecule has 2 amide bonds. The normalized spacial score (nSPS) is 32.2. The highest BCUT2D eigenvalue weighted by Gasteiger charge is 2.54. The molecule has 4 atom stereocenters. The van der Waals surface area contributed by atoms with E-state index in [1.165, 1.54) is 0 Å². The SMILES string of the molecule is CC(=O)N1[C@@H](CNC(=O)c2nccn2C)C[C@@]2(C)[C@@H](O)CCCC[C@@H]12. The van der Waals surface area contributed by atoms with E-state index in [0.717, 1.165) is 25.7 Å². The van der Waals surface area contributed by atoms with Crippen molar-refractivity contribution in [1.29, 1.82) is 0 Å². The zero-order chi connectivity index (χ0) is 18.2. The highest BCUT2D eigenvalue weighted by atomic mass is 16.3. The molecule has 1 aromatic heterocycles. The third kappa shape index (κ3) is 3.17. The molecule has 0 radical (unpaired) electrons. The monoisotopic (exact) mass is 348 g/mol. The van der Waals surface area contributed by atoms with Crippen LogP contribution in [-0.4, -0.2) is 56.1 Å². The van der Waals surface area contributed by atoms with Crippen LogP contribution in [0.4, 0.5) is 0 Å². The summed E-state index contributed by atoms with van der Waals surface area (Å²) in [4.78, 5) is 30.6. The molecule has 0 unspecified atom stereocenters. The van der Waals surface area contributed by atoms with Gasteiger partial charge in [-0.3, -0.25) is 9.59 Å². The molecule has 1 aliphatic heterocycles. The van der Waals surface area contributed by atoms with Crippen LogP contribution >= 0.6 is 0 Å². The minimum Gasteiger partial charge on any atom is -0.392 e. The molecule has 138 valence electrons.